The molecule has 0 saturated carbocycles. The third-order valence-electron chi connectivity index (χ3n) is 2.09. The van der Waals surface area contributed by atoms with Crippen molar-refractivity contribution in [2.24, 2.45) is 7.05 Å². The van der Waals surface area contributed by atoms with Crippen LogP contribution in [0, 0.1) is 0 Å². The van der Waals surface area contributed by atoms with Crippen LogP contribution < -0.4 is 9.88 Å². The molecular formula is C12H22N3O2+. The first kappa shape index (κ1) is 13.5. The number of hydrogen-bond donors (Lipinski definition) is 1. The van der Waals surface area contributed by atoms with Crippen molar-refractivity contribution in [3.63, 3.8) is 0 Å². The number of amides is 1. The maximum absolute atomic E-state index is 11.3. The van der Waals surface area contributed by atoms with E-state index in [0.717, 1.165) is 13.0 Å². The van der Waals surface area contributed by atoms with E-state index in [1.165, 1.54) is 0 Å². The predicted molar refractivity (Wildman–Crippen MR) is 64.5 cm³/mol. The molecule has 1 heterocycles. The molecule has 0 saturated heterocycles. The summed E-state index contributed by atoms with van der Waals surface area (Å²) >= 11 is 0. The van der Waals surface area contributed by atoms with Crippen LogP contribution >= 0.6 is 0 Å². The smallest absolute Gasteiger partial charge is 0.407 e. The zero-order valence-corrected chi connectivity index (χ0v) is 11.1. The highest BCUT2D eigenvalue weighted by molar-refractivity contribution is 5.67. The second kappa shape index (κ2) is 5.70. The van der Waals surface area contributed by atoms with E-state index in [0.29, 0.717) is 6.54 Å². The number of nitrogens with zero attached hydrogens (tertiary/aromatic N) is 2. The van der Waals surface area contributed by atoms with Crippen LogP contribution in [0.15, 0.2) is 18.7 Å². The Morgan fingerprint density at radius 2 is 2.18 bits per heavy atom. The monoisotopic (exact) mass is 240 g/mol. The third kappa shape index (κ3) is 5.94. The maximum atomic E-state index is 11.3. The van der Waals surface area contributed by atoms with Gasteiger partial charge in [0.15, 0.2) is 0 Å². The minimum Gasteiger partial charge on any atom is -0.444 e. The number of hydrogen-bond acceptors (Lipinski definition) is 2. The van der Waals surface area contributed by atoms with Crippen LogP contribution in [-0.2, 0) is 18.3 Å². The number of aromatic nitrogens is 2. The minimum absolute atomic E-state index is 0.351. The van der Waals surface area contributed by atoms with Crippen LogP contribution in [0.3, 0.4) is 0 Å². The molecule has 0 aliphatic heterocycles. The molecule has 0 aliphatic carbocycles. The van der Waals surface area contributed by atoms with Gasteiger partial charge in [-0.3, -0.25) is 0 Å². The molecule has 0 aromatic carbocycles. The zero-order valence-electron chi connectivity index (χ0n) is 11.1. The number of nitrogens with one attached hydrogen (secondary N) is 1. The summed E-state index contributed by atoms with van der Waals surface area (Å²) in [4.78, 5) is 11.3. The van der Waals surface area contributed by atoms with Gasteiger partial charge in [0.1, 0.15) is 18.0 Å². The highest BCUT2D eigenvalue weighted by atomic mass is 16.6. The molecule has 0 unspecified atom stereocenters. The number of rotatable bonds is 4. The molecule has 5 nitrogen and oxygen atoms in total. The van der Waals surface area contributed by atoms with Gasteiger partial charge in [-0.2, -0.15) is 0 Å². The molecule has 96 valence electrons. The fourth-order valence-electron chi connectivity index (χ4n) is 1.40. The summed E-state index contributed by atoms with van der Waals surface area (Å²) in [5.41, 5.74) is -0.432. The molecule has 0 spiro atoms. The number of alkyl carbamates (subject to hydrolysis) is 1. The summed E-state index contributed by atoms with van der Waals surface area (Å²) in [6.45, 7) is 7.07. The average Bonchev–Trinajstić information content (AvgIpc) is 2.56. The van der Waals surface area contributed by atoms with Crippen LogP contribution in [0.5, 0.6) is 0 Å². The van der Waals surface area contributed by atoms with Crippen molar-refractivity contribution in [1.82, 2.24) is 9.88 Å². The second-order valence-corrected chi connectivity index (χ2v) is 5.10. The lowest BCUT2D eigenvalue weighted by Crippen LogP contribution is -2.33. The highest BCUT2D eigenvalue weighted by Crippen LogP contribution is 2.06. The molecule has 0 bridgehead atoms. The van der Waals surface area contributed by atoms with Crippen molar-refractivity contribution in [3.8, 4) is 0 Å². The summed E-state index contributed by atoms with van der Waals surface area (Å²) in [5, 5.41) is 2.73. The lowest BCUT2D eigenvalue weighted by molar-refractivity contribution is -0.671. The van der Waals surface area contributed by atoms with E-state index >= 15 is 0 Å². The van der Waals surface area contributed by atoms with Gasteiger partial charge in [0.05, 0.1) is 13.6 Å². The maximum Gasteiger partial charge on any atom is 0.407 e. The summed E-state index contributed by atoms with van der Waals surface area (Å²) < 4.78 is 9.20. The van der Waals surface area contributed by atoms with Crippen molar-refractivity contribution in [2.45, 2.75) is 39.3 Å². The van der Waals surface area contributed by atoms with E-state index in [1.54, 1.807) is 0 Å². The molecule has 1 N–H and O–H groups in total. The first-order valence-corrected chi connectivity index (χ1v) is 5.85. The standard InChI is InChI=1S/C12H21N3O2/c1-12(2,3)17-11(16)13-6-5-7-15-9-8-14(4)10-15/h8-10H,5-7H2,1-4H3/p+1. The Balaban J connectivity index is 2.14. The highest BCUT2D eigenvalue weighted by Gasteiger charge is 2.15. The van der Waals surface area contributed by atoms with Crippen LogP contribution in [0.1, 0.15) is 27.2 Å². The molecule has 0 radical (unpaired) electrons. The number of ether oxygens (including phenoxy) is 1. The Bertz CT molecular complexity index is 366. The topological polar surface area (TPSA) is 47.1 Å². The first-order valence-electron chi connectivity index (χ1n) is 5.85. The van der Waals surface area contributed by atoms with Gasteiger partial charge in [-0.15, -0.1) is 0 Å². The summed E-state index contributed by atoms with van der Waals surface area (Å²) in [7, 11) is 1.98. The van der Waals surface area contributed by atoms with E-state index in [2.05, 4.69) is 9.88 Å². The van der Waals surface area contributed by atoms with Crippen LogP contribution in [0.4, 0.5) is 4.79 Å². The Kier molecular flexibility index (Phi) is 4.54. The molecule has 5 heteroatoms. The van der Waals surface area contributed by atoms with Crippen LogP contribution in [-0.4, -0.2) is 22.8 Å². The molecule has 1 aromatic heterocycles. The number of imidazole rings is 1. The summed E-state index contributed by atoms with van der Waals surface area (Å²) in [6.07, 6.45) is 6.53. The van der Waals surface area contributed by atoms with E-state index < -0.39 is 5.60 Å². The fourth-order valence-corrected chi connectivity index (χ4v) is 1.40. The molecule has 17 heavy (non-hydrogen) atoms. The average molecular weight is 240 g/mol. The number of carbonyl (C=O) groups is 1. The molecule has 0 aliphatic rings. The Morgan fingerprint density at radius 1 is 1.47 bits per heavy atom. The molecule has 1 rings (SSSR count). The van der Waals surface area contributed by atoms with Gasteiger partial charge in [-0.1, -0.05) is 0 Å². The van der Waals surface area contributed by atoms with Crippen molar-refractivity contribution < 1.29 is 14.1 Å². The van der Waals surface area contributed by atoms with E-state index in [1.807, 2.05) is 51.1 Å². The van der Waals surface area contributed by atoms with Crippen LogP contribution in [0.25, 0.3) is 0 Å². The van der Waals surface area contributed by atoms with Crippen molar-refractivity contribution in [1.29, 1.82) is 0 Å². The van der Waals surface area contributed by atoms with Gasteiger partial charge in [0.2, 0.25) is 6.33 Å². The summed E-state index contributed by atoms with van der Waals surface area (Å²) in [6, 6.07) is 0. The third-order valence-corrected chi connectivity index (χ3v) is 2.09. The molecule has 1 aromatic rings. The quantitative estimate of drug-likeness (QED) is 0.635. The SMILES string of the molecule is C[n+]1ccn(CCCNC(=O)OC(C)(C)C)c1. The van der Waals surface area contributed by atoms with Gasteiger partial charge in [0, 0.05) is 13.0 Å². The van der Waals surface area contributed by atoms with Crippen LogP contribution in [0.2, 0.25) is 0 Å². The van der Waals surface area contributed by atoms with Gasteiger partial charge in [0.25, 0.3) is 0 Å². The van der Waals surface area contributed by atoms with Gasteiger partial charge < -0.3 is 10.1 Å². The molecular weight excluding hydrogens is 218 g/mol. The minimum atomic E-state index is -0.432. The van der Waals surface area contributed by atoms with E-state index in [4.69, 9.17) is 4.74 Å². The van der Waals surface area contributed by atoms with Crippen molar-refractivity contribution in [2.75, 3.05) is 6.54 Å². The molecule has 0 fully saturated rings. The van der Waals surface area contributed by atoms with Gasteiger partial charge in [-0.25, -0.2) is 13.9 Å². The normalized spacial score (nSPS) is 11.3. The van der Waals surface area contributed by atoms with Gasteiger partial charge >= 0.3 is 6.09 Å². The first-order chi connectivity index (χ1) is 7.87. The van der Waals surface area contributed by atoms with Crippen molar-refractivity contribution in [3.05, 3.63) is 18.7 Å². The van der Waals surface area contributed by atoms with E-state index in [9.17, 15) is 4.79 Å². The van der Waals surface area contributed by atoms with Crippen molar-refractivity contribution >= 4 is 6.09 Å². The Labute approximate surface area is 102 Å². The molecule has 1 amide bonds. The fraction of sp³-hybridized carbons (Fsp3) is 0.667. The lowest BCUT2D eigenvalue weighted by atomic mass is 10.2. The second-order valence-electron chi connectivity index (χ2n) is 5.10. The molecule has 0 atom stereocenters. The number of carbonyl (C=O) groups excluding carboxylic acids is 1. The zero-order chi connectivity index (χ0) is 12.9. The summed E-state index contributed by atoms with van der Waals surface area (Å²) in [5.74, 6) is 0. The largest absolute Gasteiger partial charge is 0.444 e. The number of aryl methyl sites for hydroxylation is 2. The lowest BCUT2D eigenvalue weighted by Gasteiger charge is -2.19. The Hall–Kier alpha value is -1.52. The Morgan fingerprint density at radius 3 is 2.71 bits per heavy atom. The predicted octanol–water partition coefficient (Wildman–Crippen LogP) is 1.23. The van der Waals surface area contributed by atoms with Gasteiger partial charge in [-0.05, 0) is 20.8 Å². The van der Waals surface area contributed by atoms with E-state index in [-0.39, 0.29) is 6.09 Å².